The number of ether oxygens (including phenoxy) is 1. The van der Waals surface area contributed by atoms with Crippen molar-refractivity contribution < 1.29 is 19.4 Å². The Kier molecular flexibility index (Phi) is 4.96. The van der Waals surface area contributed by atoms with Gasteiger partial charge in [-0.2, -0.15) is 0 Å². The number of allylic oxidation sites excluding steroid dienone is 4. The summed E-state index contributed by atoms with van der Waals surface area (Å²) in [4.78, 5) is 25.1. The molecule has 5 heteroatoms. The number of carbonyl (C=O) groups is 2. The normalized spacial score (nSPS) is 24.3. The van der Waals surface area contributed by atoms with Crippen molar-refractivity contribution >= 4 is 12.0 Å². The van der Waals surface area contributed by atoms with Crippen LogP contribution in [0.4, 0.5) is 4.79 Å². The molecule has 2 atom stereocenters. The number of imide groups is 1. The number of aliphatic hydroxyl groups excluding tert-OH is 1. The van der Waals surface area contributed by atoms with Crippen LogP contribution in [0, 0.1) is 5.92 Å². The molecule has 0 aromatic carbocycles. The Balaban J connectivity index is 2.10. The molecule has 1 N–H and O–H groups in total. The summed E-state index contributed by atoms with van der Waals surface area (Å²) in [7, 11) is 0. The van der Waals surface area contributed by atoms with Crippen molar-refractivity contribution in [3.05, 3.63) is 36.5 Å². The van der Waals surface area contributed by atoms with Crippen molar-refractivity contribution in [3.8, 4) is 0 Å². The van der Waals surface area contributed by atoms with E-state index >= 15 is 0 Å². The molecule has 0 aromatic rings. The number of rotatable bonds is 6. The molecule has 1 aliphatic heterocycles. The van der Waals surface area contributed by atoms with E-state index in [4.69, 9.17) is 4.74 Å². The van der Waals surface area contributed by atoms with Gasteiger partial charge in [0.15, 0.2) is 0 Å². The number of cyclic esters (lactones) is 1. The van der Waals surface area contributed by atoms with Crippen LogP contribution in [0.2, 0.25) is 0 Å². The van der Waals surface area contributed by atoms with Crippen LogP contribution < -0.4 is 0 Å². The van der Waals surface area contributed by atoms with E-state index in [0.717, 1.165) is 23.3 Å². The van der Waals surface area contributed by atoms with Crippen LogP contribution in [0.15, 0.2) is 36.5 Å². The lowest BCUT2D eigenvalue weighted by molar-refractivity contribution is -0.139. The standard InChI is InChI=1S/C16H21NO4/c1-3-5-11(6-4-2)9-13-10-21-16(20)17(13)15(19)14(18)12-7-8-12/h3-6,12-14,18H,1,7-10H2,2H3/b6-4-,11-5+. The second-order valence-electron chi connectivity index (χ2n) is 5.40. The molecular formula is C16H21NO4. The Labute approximate surface area is 124 Å². The minimum absolute atomic E-state index is 0.00900. The lowest BCUT2D eigenvalue weighted by Crippen LogP contribution is -2.45. The fourth-order valence-corrected chi connectivity index (χ4v) is 2.47. The van der Waals surface area contributed by atoms with Crippen molar-refractivity contribution in [2.75, 3.05) is 6.61 Å². The molecule has 1 saturated carbocycles. The maximum Gasteiger partial charge on any atom is 0.417 e. The van der Waals surface area contributed by atoms with Gasteiger partial charge in [-0.15, -0.1) is 0 Å². The summed E-state index contributed by atoms with van der Waals surface area (Å²) in [5.41, 5.74) is 0.953. The molecule has 5 nitrogen and oxygen atoms in total. The monoisotopic (exact) mass is 291 g/mol. The van der Waals surface area contributed by atoms with Gasteiger partial charge in [-0.05, 0) is 37.7 Å². The molecular weight excluding hydrogens is 270 g/mol. The molecule has 0 bridgehead atoms. The highest BCUT2D eigenvalue weighted by Crippen LogP contribution is 2.34. The maximum atomic E-state index is 12.3. The minimum atomic E-state index is -1.09. The second-order valence-corrected chi connectivity index (χ2v) is 5.40. The SMILES string of the molecule is C=C/C=C(\C=C/C)CC1COC(=O)N1C(=O)C(O)C1CC1. The van der Waals surface area contributed by atoms with E-state index in [9.17, 15) is 14.7 Å². The molecule has 0 radical (unpaired) electrons. The van der Waals surface area contributed by atoms with Gasteiger partial charge in [-0.3, -0.25) is 4.79 Å². The Hall–Kier alpha value is -1.88. The van der Waals surface area contributed by atoms with Crippen LogP contribution in [-0.4, -0.2) is 40.8 Å². The first-order chi connectivity index (χ1) is 10.1. The van der Waals surface area contributed by atoms with Gasteiger partial charge in [-0.1, -0.05) is 30.9 Å². The first kappa shape index (κ1) is 15.5. The van der Waals surface area contributed by atoms with Gasteiger partial charge in [0, 0.05) is 0 Å². The Bertz CT molecular complexity index is 491. The summed E-state index contributed by atoms with van der Waals surface area (Å²) in [5.74, 6) is -0.547. The van der Waals surface area contributed by atoms with Crippen molar-refractivity contribution in [1.29, 1.82) is 0 Å². The van der Waals surface area contributed by atoms with E-state index < -0.39 is 18.1 Å². The highest BCUT2D eigenvalue weighted by Gasteiger charge is 2.44. The molecule has 21 heavy (non-hydrogen) atoms. The minimum Gasteiger partial charge on any atom is -0.447 e. The lowest BCUT2D eigenvalue weighted by Gasteiger charge is -2.22. The molecule has 1 aliphatic carbocycles. The van der Waals surface area contributed by atoms with Gasteiger partial charge in [-0.25, -0.2) is 9.69 Å². The topological polar surface area (TPSA) is 66.8 Å². The number of hydrogen-bond acceptors (Lipinski definition) is 4. The first-order valence-corrected chi connectivity index (χ1v) is 7.20. The van der Waals surface area contributed by atoms with Gasteiger partial charge in [0.2, 0.25) is 0 Å². The van der Waals surface area contributed by atoms with Gasteiger partial charge in [0.1, 0.15) is 12.7 Å². The number of carbonyl (C=O) groups excluding carboxylic acids is 2. The summed E-state index contributed by atoms with van der Waals surface area (Å²) < 4.78 is 4.98. The summed E-state index contributed by atoms with van der Waals surface area (Å²) in [5, 5.41) is 9.95. The molecule has 0 spiro atoms. The molecule has 114 valence electrons. The van der Waals surface area contributed by atoms with Crippen LogP contribution in [0.25, 0.3) is 0 Å². The maximum absolute atomic E-state index is 12.3. The molecule has 1 heterocycles. The van der Waals surface area contributed by atoms with Crippen molar-refractivity contribution in [2.45, 2.75) is 38.3 Å². The van der Waals surface area contributed by atoms with E-state index in [2.05, 4.69) is 6.58 Å². The number of aliphatic hydroxyl groups is 1. The molecule has 2 rings (SSSR count). The largest absolute Gasteiger partial charge is 0.447 e. The summed E-state index contributed by atoms with van der Waals surface area (Å²) in [6, 6.07) is -0.374. The Morgan fingerprint density at radius 2 is 2.29 bits per heavy atom. The average Bonchev–Trinajstić information content (AvgIpc) is 3.23. The fourth-order valence-electron chi connectivity index (χ4n) is 2.47. The average molecular weight is 291 g/mol. The zero-order chi connectivity index (χ0) is 15.4. The Morgan fingerprint density at radius 1 is 1.57 bits per heavy atom. The zero-order valence-electron chi connectivity index (χ0n) is 12.2. The zero-order valence-corrected chi connectivity index (χ0v) is 12.2. The smallest absolute Gasteiger partial charge is 0.417 e. The third-order valence-corrected chi connectivity index (χ3v) is 3.70. The van der Waals surface area contributed by atoms with Crippen LogP contribution in [0.1, 0.15) is 26.2 Å². The molecule has 2 aliphatic rings. The third kappa shape index (κ3) is 3.61. The summed E-state index contributed by atoms with van der Waals surface area (Å²) in [6.45, 7) is 5.71. The van der Waals surface area contributed by atoms with E-state index in [1.54, 1.807) is 6.08 Å². The number of amides is 2. The highest BCUT2D eigenvalue weighted by molar-refractivity contribution is 5.96. The van der Waals surface area contributed by atoms with E-state index in [0.29, 0.717) is 6.42 Å². The second kappa shape index (κ2) is 6.72. The van der Waals surface area contributed by atoms with Gasteiger partial charge < -0.3 is 9.84 Å². The highest BCUT2D eigenvalue weighted by atomic mass is 16.6. The fraction of sp³-hybridized carbons (Fsp3) is 0.500. The summed E-state index contributed by atoms with van der Waals surface area (Å²) >= 11 is 0. The van der Waals surface area contributed by atoms with Crippen LogP contribution in [-0.2, 0) is 9.53 Å². The molecule has 2 unspecified atom stereocenters. The molecule has 2 amide bonds. The molecule has 0 aromatic heterocycles. The first-order valence-electron chi connectivity index (χ1n) is 7.20. The molecule has 2 fully saturated rings. The van der Waals surface area contributed by atoms with Crippen molar-refractivity contribution in [3.63, 3.8) is 0 Å². The summed E-state index contributed by atoms with van der Waals surface area (Å²) in [6.07, 6.45) is 7.70. The van der Waals surface area contributed by atoms with Gasteiger partial charge in [0.05, 0.1) is 6.04 Å². The lowest BCUT2D eigenvalue weighted by atomic mass is 10.0. The number of nitrogens with zero attached hydrogens (tertiary/aromatic N) is 1. The van der Waals surface area contributed by atoms with Gasteiger partial charge >= 0.3 is 6.09 Å². The van der Waals surface area contributed by atoms with E-state index in [-0.39, 0.29) is 18.6 Å². The van der Waals surface area contributed by atoms with Crippen molar-refractivity contribution in [2.24, 2.45) is 5.92 Å². The van der Waals surface area contributed by atoms with E-state index in [1.165, 1.54) is 0 Å². The van der Waals surface area contributed by atoms with E-state index in [1.807, 2.05) is 25.2 Å². The quantitative estimate of drug-likeness (QED) is 0.762. The molecule has 1 saturated heterocycles. The van der Waals surface area contributed by atoms with Gasteiger partial charge in [0.25, 0.3) is 5.91 Å². The predicted molar refractivity (Wildman–Crippen MR) is 78.4 cm³/mol. The predicted octanol–water partition coefficient (Wildman–Crippen LogP) is 2.18. The van der Waals surface area contributed by atoms with Crippen LogP contribution in [0.5, 0.6) is 0 Å². The number of hydrogen-bond donors (Lipinski definition) is 1. The van der Waals surface area contributed by atoms with Crippen LogP contribution in [0.3, 0.4) is 0 Å². The third-order valence-electron chi connectivity index (χ3n) is 3.70. The Morgan fingerprint density at radius 3 is 2.86 bits per heavy atom. The van der Waals surface area contributed by atoms with Crippen LogP contribution >= 0.6 is 0 Å². The van der Waals surface area contributed by atoms with Crippen molar-refractivity contribution in [1.82, 2.24) is 4.90 Å².